The monoisotopic (exact) mass is 736 g/mol. The molecule has 0 bridgehead atoms. The molecule has 0 amide bonds. The lowest BCUT2D eigenvalue weighted by Crippen LogP contribution is -2.00. The van der Waals surface area contributed by atoms with Crippen LogP contribution in [-0.4, -0.2) is 13.7 Å². The Balaban J connectivity index is 1.26. The lowest BCUT2D eigenvalue weighted by molar-refractivity contribution is 0.297. The van der Waals surface area contributed by atoms with Crippen LogP contribution in [-0.2, 0) is 6.61 Å². The Morgan fingerprint density at radius 3 is 1.55 bits per heavy atom. The van der Waals surface area contributed by atoms with Crippen molar-refractivity contribution in [3.8, 4) is 39.5 Å². The van der Waals surface area contributed by atoms with Crippen molar-refractivity contribution in [1.82, 2.24) is 0 Å². The molecule has 0 spiro atoms. The summed E-state index contributed by atoms with van der Waals surface area (Å²) in [7, 11) is 1.71. The highest BCUT2D eigenvalue weighted by Crippen LogP contribution is 2.46. The number of fused-ring (bicyclic) bond motifs is 4. The largest absolute Gasteiger partial charge is 0.496 e. The summed E-state index contributed by atoms with van der Waals surface area (Å²) in [5.74, 6) is 2.56. The van der Waals surface area contributed by atoms with E-state index in [4.69, 9.17) is 14.2 Å². The molecule has 3 heteroatoms. The normalized spacial score (nSPS) is 11.5. The number of rotatable bonds is 16. The number of hydrogen-bond donors (Lipinski definition) is 0. The molecule has 0 heterocycles. The van der Waals surface area contributed by atoms with Crippen LogP contribution >= 0.6 is 0 Å². The smallest absolute Gasteiger partial charge is 0.125 e. The first kappa shape index (κ1) is 37.1. The van der Waals surface area contributed by atoms with Crippen LogP contribution in [0.25, 0.3) is 65.3 Å². The Hall–Kier alpha value is -5.80. The van der Waals surface area contributed by atoms with E-state index < -0.39 is 0 Å². The Labute approximate surface area is 331 Å². The van der Waals surface area contributed by atoms with Crippen molar-refractivity contribution < 1.29 is 14.2 Å². The molecule has 282 valence electrons. The van der Waals surface area contributed by atoms with Crippen LogP contribution in [0.1, 0.15) is 69.4 Å². The Kier molecular flexibility index (Phi) is 11.5. The van der Waals surface area contributed by atoms with Gasteiger partial charge in [-0.05, 0) is 127 Å². The molecule has 0 N–H and O–H groups in total. The van der Waals surface area contributed by atoms with Gasteiger partial charge in [0, 0.05) is 5.56 Å². The van der Waals surface area contributed by atoms with Gasteiger partial charge in [-0.25, -0.2) is 0 Å². The van der Waals surface area contributed by atoms with Crippen LogP contribution in [0.2, 0.25) is 0 Å². The van der Waals surface area contributed by atoms with Gasteiger partial charge in [-0.15, -0.1) is 0 Å². The molecule has 0 saturated heterocycles. The van der Waals surface area contributed by atoms with Crippen molar-refractivity contribution in [3.63, 3.8) is 0 Å². The minimum absolute atomic E-state index is 0.409. The van der Waals surface area contributed by atoms with Gasteiger partial charge in [0.1, 0.15) is 23.9 Å². The van der Waals surface area contributed by atoms with Gasteiger partial charge in [-0.2, -0.15) is 0 Å². The minimum Gasteiger partial charge on any atom is -0.496 e. The fraction of sp³-hybridized carbons (Fsp3) is 0.245. The Morgan fingerprint density at radius 2 is 0.982 bits per heavy atom. The van der Waals surface area contributed by atoms with Crippen molar-refractivity contribution in [2.45, 2.75) is 71.8 Å². The predicted molar refractivity (Wildman–Crippen MR) is 238 cm³/mol. The maximum absolute atomic E-state index is 6.59. The van der Waals surface area contributed by atoms with Crippen LogP contribution in [0, 0.1) is 6.92 Å². The van der Waals surface area contributed by atoms with Crippen molar-refractivity contribution in [2.75, 3.05) is 13.7 Å². The van der Waals surface area contributed by atoms with Crippen molar-refractivity contribution in [1.29, 1.82) is 0 Å². The number of hydrogen-bond acceptors (Lipinski definition) is 3. The molecular formula is C53H52O3. The van der Waals surface area contributed by atoms with Crippen LogP contribution in [0.5, 0.6) is 17.2 Å². The minimum atomic E-state index is 0.409. The van der Waals surface area contributed by atoms with Crippen LogP contribution < -0.4 is 14.2 Å². The lowest BCUT2D eigenvalue weighted by atomic mass is 9.85. The highest BCUT2D eigenvalue weighted by Gasteiger charge is 2.19. The van der Waals surface area contributed by atoms with Crippen molar-refractivity contribution >= 4 is 43.1 Å². The molecular weight excluding hydrogens is 685 g/mol. The van der Waals surface area contributed by atoms with Gasteiger partial charge in [-0.1, -0.05) is 148 Å². The first-order chi connectivity index (χ1) is 27.6. The van der Waals surface area contributed by atoms with Crippen LogP contribution in [0.3, 0.4) is 0 Å². The second-order valence-corrected chi connectivity index (χ2v) is 15.2. The molecule has 0 saturated carbocycles. The SMILES string of the molecule is CCCCCCCCCCOc1ccc2c(-c3ccc4ccccc4c3)c3cc(OCc4cc(C)ccc4OC)ccc3c(-c3ccc4ccccc4c3)c2c1. The Morgan fingerprint density at radius 1 is 0.446 bits per heavy atom. The summed E-state index contributed by atoms with van der Waals surface area (Å²) >= 11 is 0. The summed E-state index contributed by atoms with van der Waals surface area (Å²) in [5, 5.41) is 9.59. The highest BCUT2D eigenvalue weighted by molar-refractivity contribution is 6.22. The number of unbranched alkanes of at least 4 members (excludes halogenated alkanes) is 7. The van der Waals surface area contributed by atoms with E-state index in [9.17, 15) is 0 Å². The van der Waals surface area contributed by atoms with Gasteiger partial charge in [-0.3, -0.25) is 0 Å². The molecule has 0 aliphatic heterocycles. The average Bonchev–Trinajstić information content (AvgIpc) is 3.23. The highest BCUT2D eigenvalue weighted by atomic mass is 16.5. The van der Waals surface area contributed by atoms with E-state index in [2.05, 4.69) is 147 Å². The Bertz CT molecular complexity index is 2620. The summed E-state index contributed by atoms with van der Waals surface area (Å²) < 4.78 is 18.8. The van der Waals surface area contributed by atoms with E-state index >= 15 is 0 Å². The maximum atomic E-state index is 6.59. The molecule has 0 aliphatic rings. The van der Waals surface area contributed by atoms with Crippen molar-refractivity contribution in [2.24, 2.45) is 0 Å². The third-order valence-corrected chi connectivity index (χ3v) is 11.2. The molecule has 0 fully saturated rings. The van der Waals surface area contributed by atoms with Gasteiger partial charge >= 0.3 is 0 Å². The maximum Gasteiger partial charge on any atom is 0.125 e. The summed E-state index contributed by atoms with van der Waals surface area (Å²) in [5.41, 5.74) is 6.95. The van der Waals surface area contributed by atoms with E-state index in [1.165, 1.54) is 110 Å². The molecule has 8 rings (SSSR count). The third-order valence-electron chi connectivity index (χ3n) is 11.2. The number of benzene rings is 8. The standard InChI is InChI=1S/C53H52O3/c1-4-5-6-7-8-9-10-15-30-55-45-25-27-47-49(34-45)52(42-23-21-38-16-11-13-18-40(38)32-42)48-28-26-46(56-36-44-31-37(2)20-29-51(44)54-3)35-50(48)53(47)43-24-22-39-17-12-14-19-41(39)33-43/h11-14,16-29,31-35H,4-10,15,30,36H2,1-3H3. The fourth-order valence-corrected chi connectivity index (χ4v) is 8.29. The summed E-state index contributed by atoms with van der Waals surface area (Å²) in [6.45, 7) is 5.51. The molecule has 8 aromatic rings. The zero-order valence-electron chi connectivity index (χ0n) is 33.1. The average molecular weight is 737 g/mol. The molecule has 0 aromatic heterocycles. The van der Waals surface area contributed by atoms with E-state index in [1.54, 1.807) is 7.11 Å². The second-order valence-electron chi connectivity index (χ2n) is 15.2. The van der Waals surface area contributed by atoms with Gasteiger partial charge in [0.15, 0.2) is 0 Å². The first-order valence-corrected chi connectivity index (χ1v) is 20.5. The quantitative estimate of drug-likeness (QED) is 0.0730. The number of ether oxygens (including phenoxy) is 3. The van der Waals surface area contributed by atoms with E-state index in [0.29, 0.717) is 6.61 Å². The predicted octanol–water partition coefficient (Wildman–Crippen LogP) is 15.0. The van der Waals surface area contributed by atoms with Gasteiger partial charge in [0.05, 0.1) is 13.7 Å². The third kappa shape index (κ3) is 8.09. The van der Waals surface area contributed by atoms with Gasteiger partial charge in [0.25, 0.3) is 0 Å². The molecule has 8 aromatic carbocycles. The van der Waals surface area contributed by atoms with E-state index in [0.717, 1.165) is 41.2 Å². The van der Waals surface area contributed by atoms with Crippen LogP contribution in [0.4, 0.5) is 0 Å². The fourth-order valence-electron chi connectivity index (χ4n) is 8.29. The van der Waals surface area contributed by atoms with E-state index in [-0.39, 0.29) is 0 Å². The zero-order valence-corrected chi connectivity index (χ0v) is 33.1. The topological polar surface area (TPSA) is 27.7 Å². The second kappa shape index (κ2) is 17.3. The van der Waals surface area contributed by atoms with Crippen molar-refractivity contribution in [3.05, 3.63) is 151 Å². The van der Waals surface area contributed by atoms with Crippen LogP contribution in [0.15, 0.2) is 140 Å². The van der Waals surface area contributed by atoms with Gasteiger partial charge in [0.2, 0.25) is 0 Å². The molecule has 0 atom stereocenters. The molecule has 56 heavy (non-hydrogen) atoms. The lowest BCUT2D eigenvalue weighted by Gasteiger charge is -2.20. The summed E-state index contributed by atoms with van der Waals surface area (Å²) in [6.07, 6.45) is 10.2. The van der Waals surface area contributed by atoms with E-state index in [1.807, 2.05) is 6.07 Å². The molecule has 0 radical (unpaired) electrons. The first-order valence-electron chi connectivity index (χ1n) is 20.5. The zero-order chi connectivity index (χ0) is 38.3. The number of aryl methyl sites for hydroxylation is 1. The molecule has 0 unspecified atom stereocenters. The summed E-state index contributed by atoms with van der Waals surface area (Å²) in [6, 6.07) is 50.5. The number of methoxy groups -OCH3 is 1. The molecule has 0 aliphatic carbocycles. The summed E-state index contributed by atoms with van der Waals surface area (Å²) in [4.78, 5) is 0. The molecule has 3 nitrogen and oxygen atoms in total. The van der Waals surface area contributed by atoms with Gasteiger partial charge < -0.3 is 14.2 Å².